The van der Waals surface area contributed by atoms with E-state index in [2.05, 4.69) is 114 Å². The number of hydrogen-bond donors (Lipinski definition) is 0. The van der Waals surface area contributed by atoms with Crippen LogP contribution in [0.2, 0.25) is 0 Å². The Kier molecular flexibility index (Phi) is 9.96. The van der Waals surface area contributed by atoms with Gasteiger partial charge in [-0.1, -0.05) is 0 Å². The first-order valence-electron chi connectivity index (χ1n) is 15.1. The van der Waals surface area contributed by atoms with Crippen LogP contribution in [0.5, 0.6) is 0 Å². The van der Waals surface area contributed by atoms with E-state index < -0.39 is 21.3 Å². The molecule has 0 bridgehead atoms. The molecule has 3 aliphatic carbocycles. The Bertz CT molecular complexity index is 1520. The van der Waals surface area contributed by atoms with Gasteiger partial charge in [0.15, 0.2) is 0 Å². The molecule has 1 saturated carbocycles. The molecular formula is C38H44Cl2Zr. The molecule has 0 heterocycles. The van der Waals surface area contributed by atoms with Crippen molar-refractivity contribution in [1.29, 1.82) is 0 Å². The first-order chi connectivity index (χ1) is 18.6. The number of benzene rings is 3. The van der Waals surface area contributed by atoms with Crippen LogP contribution in [0.25, 0.3) is 16.7 Å². The van der Waals surface area contributed by atoms with Gasteiger partial charge in [0.05, 0.1) is 0 Å². The zero-order valence-electron chi connectivity index (χ0n) is 25.6. The van der Waals surface area contributed by atoms with Crippen LogP contribution in [0.1, 0.15) is 108 Å². The molecule has 214 valence electrons. The van der Waals surface area contributed by atoms with Crippen LogP contribution in [0.3, 0.4) is 0 Å². The summed E-state index contributed by atoms with van der Waals surface area (Å²) in [6.45, 7) is 14.4. The predicted molar refractivity (Wildman–Crippen MR) is 167 cm³/mol. The standard InChI is InChI=1S/C21H25.C11H9.C6H10.2ClH.Zr/c1-20(2,3)16-7-9-18-14(12-16)11-15-13-17(21(4,5)6)8-10-19(15)18;1-2-6-10(7-3-1)11-8-4-5-9-11;1-2-4-6-5-3-1;;;/h7-10,12H,11H2,1-6H3;1-3,6-9H,4H2;1-5H2;2*1H;/q;;;;;+2/p-2. The van der Waals surface area contributed by atoms with E-state index in [1.807, 2.05) is 6.48 Å². The molecule has 3 aromatic rings. The van der Waals surface area contributed by atoms with E-state index in [0.29, 0.717) is 0 Å². The van der Waals surface area contributed by atoms with Crippen LogP contribution in [-0.2, 0) is 38.5 Å². The first kappa shape index (κ1) is 32.4. The van der Waals surface area contributed by atoms with Crippen LogP contribution < -0.4 is 28.1 Å². The molecular weight excluding hydrogens is 619 g/mol. The largest absolute Gasteiger partial charge is 1.00 e. The zero-order chi connectivity index (χ0) is 27.4. The minimum absolute atomic E-state index is 0. The maximum atomic E-state index is 2.64. The summed E-state index contributed by atoms with van der Waals surface area (Å²) in [6.07, 6.45) is 14.3. The van der Waals surface area contributed by atoms with Crippen molar-refractivity contribution in [2.75, 3.05) is 0 Å². The Morgan fingerprint density at radius 2 is 1.39 bits per heavy atom. The second kappa shape index (κ2) is 12.6. The van der Waals surface area contributed by atoms with Crippen LogP contribution in [0.15, 0.2) is 76.1 Å². The maximum absolute atomic E-state index is 2.64. The van der Waals surface area contributed by atoms with E-state index in [9.17, 15) is 0 Å². The van der Waals surface area contributed by atoms with Crippen molar-refractivity contribution in [2.24, 2.45) is 0 Å². The molecule has 0 unspecified atom stereocenters. The molecule has 0 nitrogen and oxygen atoms in total. The summed E-state index contributed by atoms with van der Waals surface area (Å²) in [5, 5.41) is 0. The van der Waals surface area contributed by atoms with Gasteiger partial charge in [0.1, 0.15) is 0 Å². The molecule has 0 aromatic heterocycles. The average molecular weight is 663 g/mol. The van der Waals surface area contributed by atoms with Crippen molar-refractivity contribution < 1.29 is 46.1 Å². The van der Waals surface area contributed by atoms with E-state index in [-0.39, 0.29) is 35.6 Å². The van der Waals surface area contributed by atoms with Gasteiger partial charge < -0.3 is 24.8 Å². The van der Waals surface area contributed by atoms with Gasteiger partial charge in [0, 0.05) is 0 Å². The van der Waals surface area contributed by atoms with Crippen molar-refractivity contribution >= 4 is 12.1 Å². The van der Waals surface area contributed by atoms with E-state index >= 15 is 0 Å². The third-order valence-corrected chi connectivity index (χ3v) is 17.1. The molecule has 0 amide bonds. The summed E-state index contributed by atoms with van der Waals surface area (Å²) in [4.78, 5) is 0. The molecule has 6 rings (SSSR count). The van der Waals surface area contributed by atoms with Gasteiger partial charge in [-0.15, -0.1) is 0 Å². The minimum Gasteiger partial charge on any atom is -1.00 e. The molecule has 3 aromatic carbocycles. The second-order valence-corrected chi connectivity index (χ2v) is 20.4. The molecule has 3 aliphatic rings. The molecule has 0 radical (unpaired) electrons. The smallest absolute Gasteiger partial charge is 1.00 e. The quantitative estimate of drug-likeness (QED) is 0.315. The fourth-order valence-electron chi connectivity index (χ4n) is 6.98. The fraction of sp³-hybridized carbons (Fsp3) is 0.395. The van der Waals surface area contributed by atoms with Crippen LogP contribution in [0, 0.1) is 0 Å². The van der Waals surface area contributed by atoms with Crippen molar-refractivity contribution in [1.82, 2.24) is 0 Å². The van der Waals surface area contributed by atoms with Gasteiger partial charge >= 0.3 is 246 Å². The normalized spacial score (nSPS) is 16.0. The summed E-state index contributed by atoms with van der Waals surface area (Å²) in [6, 6.07) is 23.4. The van der Waals surface area contributed by atoms with Gasteiger partial charge in [0.2, 0.25) is 0 Å². The Labute approximate surface area is 268 Å². The van der Waals surface area contributed by atoms with Crippen molar-refractivity contribution in [3.8, 4) is 11.1 Å². The van der Waals surface area contributed by atoms with Crippen molar-refractivity contribution in [3.05, 3.63) is 104 Å². The first-order valence-corrected chi connectivity index (χ1v) is 18.8. The van der Waals surface area contributed by atoms with Gasteiger partial charge in [-0.3, -0.25) is 0 Å². The van der Waals surface area contributed by atoms with Gasteiger partial charge in [-0.25, -0.2) is 0 Å². The molecule has 1 fully saturated rings. The van der Waals surface area contributed by atoms with E-state index in [1.165, 1.54) is 59.9 Å². The summed E-state index contributed by atoms with van der Waals surface area (Å²) < 4.78 is 5.61. The SMILES string of the molecule is CC(C)(C)c1ccc2c(c1)Cc1c-2ccc(C(C)(C)C)[c]1[Zr+2]([C]1=CC(c2ccccc2)=CC1)=[C]1CCCCC1.[Cl-].[Cl-]. The third-order valence-electron chi connectivity index (χ3n) is 9.11. The number of allylic oxidation sites excluding steroid dienone is 4. The third kappa shape index (κ3) is 6.39. The second-order valence-electron chi connectivity index (χ2n) is 14.0. The molecule has 0 N–H and O–H groups in total. The fourth-order valence-corrected chi connectivity index (χ4v) is 16.4. The maximum Gasteiger partial charge on any atom is -1.00 e. The summed E-state index contributed by atoms with van der Waals surface area (Å²) in [5.74, 6) is 0. The minimum atomic E-state index is -2.33. The molecule has 41 heavy (non-hydrogen) atoms. The number of rotatable bonds is 3. The van der Waals surface area contributed by atoms with Crippen LogP contribution >= 0.6 is 0 Å². The van der Waals surface area contributed by atoms with Gasteiger partial charge in [0.25, 0.3) is 0 Å². The molecule has 0 atom stereocenters. The predicted octanol–water partition coefficient (Wildman–Crippen LogP) is 3.61. The number of halogens is 2. The molecule has 0 spiro atoms. The zero-order valence-corrected chi connectivity index (χ0v) is 29.6. The summed E-state index contributed by atoms with van der Waals surface area (Å²) in [5.41, 5.74) is 12.5. The Morgan fingerprint density at radius 1 is 0.707 bits per heavy atom. The van der Waals surface area contributed by atoms with Crippen molar-refractivity contribution in [3.63, 3.8) is 0 Å². The van der Waals surface area contributed by atoms with Gasteiger partial charge in [-0.2, -0.15) is 0 Å². The van der Waals surface area contributed by atoms with Crippen LogP contribution in [-0.4, -0.2) is 3.21 Å². The Morgan fingerprint density at radius 3 is 2.05 bits per heavy atom. The monoisotopic (exact) mass is 660 g/mol. The Hall–Kier alpha value is -1.53. The summed E-state index contributed by atoms with van der Waals surface area (Å²) >= 11 is -2.33. The Balaban J connectivity index is 0.00000194. The average Bonchev–Trinajstić information content (AvgIpc) is 3.54. The number of fused-ring (bicyclic) bond motifs is 3. The van der Waals surface area contributed by atoms with E-state index in [1.54, 1.807) is 20.0 Å². The van der Waals surface area contributed by atoms with Gasteiger partial charge in [-0.05, 0) is 0 Å². The summed E-state index contributed by atoms with van der Waals surface area (Å²) in [7, 11) is 0. The van der Waals surface area contributed by atoms with Crippen molar-refractivity contribution in [2.45, 2.75) is 97.3 Å². The number of hydrogen-bond acceptors (Lipinski definition) is 0. The molecule has 0 aliphatic heterocycles. The topological polar surface area (TPSA) is 0 Å². The molecule has 0 saturated heterocycles. The van der Waals surface area contributed by atoms with E-state index in [4.69, 9.17) is 0 Å². The van der Waals surface area contributed by atoms with E-state index in [0.717, 1.165) is 12.8 Å². The van der Waals surface area contributed by atoms with Crippen LogP contribution in [0.4, 0.5) is 0 Å². The molecule has 3 heteroatoms.